The van der Waals surface area contributed by atoms with Crippen molar-refractivity contribution in [2.45, 2.75) is 20.0 Å². The maximum Gasteiger partial charge on any atom is 0.418 e. The zero-order chi connectivity index (χ0) is 14.8. The van der Waals surface area contributed by atoms with E-state index in [0.717, 1.165) is 6.07 Å². The van der Waals surface area contributed by atoms with Crippen LogP contribution in [0.1, 0.15) is 19.4 Å². The lowest BCUT2D eigenvalue weighted by Gasteiger charge is -2.23. The number of carbonyl (C=O) groups excluding carboxylic acids is 1. The highest BCUT2D eigenvalue weighted by Gasteiger charge is 2.34. The Balaban J connectivity index is 3.00. The molecule has 0 unspecified atom stereocenters. The van der Waals surface area contributed by atoms with Crippen LogP contribution in [-0.4, -0.2) is 12.5 Å². The number of anilines is 1. The van der Waals surface area contributed by atoms with Gasteiger partial charge in [0, 0.05) is 16.7 Å². The van der Waals surface area contributed by atoms with Gasteiger partial charge in [0.25, 0.3) is 0 Å². The van der Waals surface area contributed by atoms with Gasteiger partial charge in [-0.05, 0) is 32.0 Å². The van der Waals surface area contributed by atoms with Crippen LogP contribution < -0.4 is 11.1 Å². The quantitative estimate of drug-likeness (QED) is 0.884. The van der Waals surface area contributed by atoms with Crippen molar-refractivity contribution >= 4 is 27.5 Å². The van der Waals surface area contributed by atoms with Gasteiger partial charge in [-0.2, -0.15) is 13.2 Å². The highest BCUT2D eigenvalue weighted by Crippen LogP contribution is 2.36. The summed E-state index contributed by atoms with van der Waals surface area (Å²) in [6.07, 6.45) is -4.47. The number of nitrogens with one attached hydrogen (secondary N) is 1. The Morgan fingerprint density at radius 1 is 1.37 bits per heavy atom. The molecule has 1 amide bonds. The maximum absolute atomic E-state index is 12.9. The molecule has 3 N–H and O–H groups in total. The number of alkyl halides is 3. The summed E-state index contributed by atoms with van der Waals surface area (Å²) < 4.78 is 38.9. The number of primary amides is 1. The fourth-order valence-electron chi connectivity index (χ4n) is 1.31. The number of rotatable bonds is 4. The third kappa shape index (κ3) is 4.12. The number of hydrogen-bond donors (Lipinski definition) is 2. The monoisotopic (exact) mass is 338 g/mol. The van der Waals surface area contributed by atoms with Crippen LogP contribution in [0.15, 0.2) is 22.7 Å². The molecule has 3 nitrogen and oxygen atoms in total. The van der Waals surface area contributed by atoms with Gasteiger partial charge in [-0.3, -0.25) is 4.79 Å². The summed E-state index contributed by atoms with van der Waals surface area (Å²) in [6.45, 7) is 3.15. The number of hydrogen-bond acceptors (Lipinski definition) is 2. The predicted octanol–water partition coefficient (Wildman–Crippen LogP) is 3.39. The van der Waals surface area contributed by atoms with Crippen LogP contribution in [0.25, 0.3) is 0 Å². The number of nitrogens with two attached hydrogens (primary N) is 1. The summed E-state index contributed by atoms with van der Waals surface area (Å²) >= 11 is 3.00. The Morgan fingerprint density at radius 2 is 1.95 bits per heavy atom. The van der Waals surface area contributed by atoms with Crippen molar-refractivity contribution in [3.63, 3.8) is 0 Å². The number of carbonyl (C=O) groups is 1. The minimum atomic E-state index is -4.47. The zero-order valence-electron chi connectivity index (χ0n) is 10.4. The third-order valence-corrected chi connectivity index (χ3v) is 3.17. The van der Waals surface area contributed by atoms with Crippen molar-refractivity contribution in [3.05, 3.63) is 28.2 Å². The van der Waals surface area contributed by atoms with E-state index in [1.165, 1.54) is 12.1 Å². The normalized spacial score (nSPS) is 12.3. The molecule has 0 bridgehead atoms. The van der Waals surface area contributed by atoms with Gasteiger partial charge in [0.2, 0.25) is 5.91 Å². The van der Waals surface area contributed by atoms with E-state index in [4.69, 9.17) is 5.73 Å². The SMILES string of the molecule is CC(C)(CNc1ccc(Br)cc1C(F)(F)F)C(N)=O. The van der Waals surface area contributed by atoms with Crippen LogP contribution >= 0.6 is 15.9 Å². The third-order valence-electron chi connectivity index (χ3n) is 2.67. The molecule has 0 aromatic heterocycles. The summed E-state index contributed by atoms with van der Waals surface area (Å²) in [6, 6.07) is 3.79. The van der Waals surface area contributed by atoms with Crippen LogP contribution in [0.2, 0.25) is 0 Å². The molecule has 0 fully saturated rings. The van der Waals surface area contributed by atoms with E-state index in [9.17, 15) is 18.0 Å². The van der Waals surface area contributed by atoms with E-state index in [1.807, 2.05) is 0 Å². The fraction of sp³-hybridized carbons (Fsp3) is 0.417. The maximum atomic E-state index is 12.9. The number of amides is 1. The van der Waals surface area contributed by atoms with E-state index in [-0.39, 0.29) is 12.2 Å². The van der Waals surface area contributed by atoms with E-state index in [2.05, 4.69) is 21.2 Å². The molecule has 1 aromatic carbocycles. The Hall–Kier alpha value is -1.24. The molecule has 0 aliphatic carbocycles. The standard InChI is InChI=1S/C12H14BrF3N2O/c1-11(2,10(17)19)6-18-9-4-3-7(13)5-8(9)12(14,15)16/h3-5,18H,6H2,1-2H3,(H2,17,19). The van der Waals surface area contributed by atoms with Gasteiger partial charge in [0.15, 0.2) is 0 Å². The first kappa shape index (κ1) is 15.8. The molecule has 1 rings (SSSR count). The smallest absolute Gasteiger partial charge is 0.383 e. The molecule has 0 aliphatic rings. The van der Waals surface area contributed by atoms with Crippen LogP contribution in [0.3, 0.4) is 0 Å². The highest BCUT2D eigenvalue weighted by molar-refractivity contribution is 9.10. The van der Waals surface area contributed by atoms with Gasteiger partial charge in [0.1, 0.15) is 0 Å². The number of halogens is 4. The average molecular weight is 339 g/mol. The van der Waals surface area contributed by atoms with Crippen molar-refractivity contribution in [2.75, 3.05) is 11.9 Å². The Morgan fingerprint density at radius 3 is 2.42 bits per heavy atom. The fourth-order valence-corrected chi connectivity index (χ4v) is 1.67. The topological polar surface area (TPSA) is 55.1 Å². The van der Waals surface area contributed by atoms with Crippen molar-refractivity contribution < 1.29 is 18.0 Å². The van der Waals surface area contributed by atoms with Gasteiger partial charge in [0.05, 0.1) is 11.0 Å². The lowest BCUT2D eigenvalue weighted by Crippen LogP contribution is -2.37. The van der Waals surface area contributed by atoms with Crippen LogP contribution in [0.4, 0.5) is 18.9 Å². The van der Waals surface area contributed by atoms with Crippen molar-refractivity contribution in [1.82, 2.24) is 0 Å². The van der Waals surface area contributed by atoms with E-state index < -0.39 is 23.1 Å². The van der Waals surface area contributed by atoms with Gasteiger partial charge < -0.3 is 11.1 Å². The minimum Gasteiger partial charge on any atom is -0.383 e. The molecule has 0 saturated carbocycles. The molecule has 106 valence electrons. The van der Waals surface area contributed by atoms with Crippen LogP contribution in [-0.2, 0) is 11.0 Å². The lowest BCUT2D eigenvalue weighted by atomic mass is 9.92. The molecule has 0 atom stereocenters. The predicted molar refractivity (Wildman–Crippen MR) is 70.6 cm³/mol. The van der Waals surface area contributed by atoms with Gasteiger partial charge in [-0.25, -0.2) is 0 Å². The summed E-state index contributed by atoms with van der Waals surface area (Å²) in [5.41, 5.74) is 3.37. The molecule has 0 spiro atoms. The second-order valence-electron chi connectivity index (χ2n) is 4.79. The first-order chi connectivity index (χ1) is 8.54. The molecule has 0 radical (unpaired) electrons. The second kappa shape index (κ2) is 5.40. The van der Waals surface area contributed by atoms with Gasteiger partial charge in [-0.1, -0.05) is 15.9 Å². The first-order valence-corrected chi connectivity index (χ1v) is 6.24. The average Bonchev–Trinajstić information content (AvgIpc) is 2.26. The van der Waals surface area contributed by atoms with Gasteiger partial charge >= 0.3 is 6.18 Å². The van der Waals surface area contributed by atoms with Crippen molar-refractivity contribution in [2.24, 2.45) is 11.1 Å². The molecule has 1 aromatic rings. The summed E-state index contributed by atoms with van der Waals surface area (Å²) in [7, 11) is 0. The van der Waals surface area contributed by atoms with Crippen LogP contribution in [0, 0.1) is 5.41 Å². The summed E-state index contributed by atoms with van der Waals surface area (Å²) in [5, 5.41) is 2.63. The van der Waals surface area contributed by atoms with Crippen LogP contribution in [0.5, 0.6) is 0 Å². The largest absolute Gasteiger partial charge is 0.418 e. The van der Waals surface area contributed by atoms with E-state index in [0.29, 0.717) is 4.47 Å². The molecular weight excluding hydrogens is 325 g/mol. The molecular formula is C12H14BrF3N2O. The highest BCUT2D eigenvalue weighted by atomic mass is 79.9. The van der Waals surface area contributed by atoms with Crippen molar-refractivity contribution in [3.8, 4) is 0 Å². The number of benzene rings is 1. The summed E-state index contributed by atoms with van der Waals surface area (Å²) in [4.78, 5) is 11.1. The van der Waals surface area contributed by atoms with E-state index in [1.54, 1.807) is 13.8 Å². The summed E-state index contributed by atoms with van der Waals surface area (Å²) in [5.74, 6) is -0.578. The van der Waals surface area contributed by atoms with Gasteiger partial charge in [-0.15, -0.1) is 0 Å². The molecule has 0 saturated heterocycles. The molecule has 7 heteroatoms. The molecule has 0 heterocycles. The minimum absolute atomic E-state index is 0.0209. The Bertz CT molecular complexity index is 486. The van der Waals surface area contributed by atoms with E-state index >= 15 is 0 Å². The molecule has 19 heavy (non-hydrogen) atoms. The molecule has 0 aliphatic heterocycles. The van der Waals surface area contributed by atoms with Crippen molar-refractivity contribution in [1.29, 1.82) is 0 Å². The lowest BCUT2D eigenvalue weighted by molar-refractivity contribution is -0.137. The second-order valence-corrected chi connectivity index (χ2v) is 5.71. The first-order valence-electron chi connectivity index (χ1n) is 5.44. The zero-order valence-corrected chi connectivity index (χ0v) is 12.0. The Kier molecular flexibility index (Phi) is 4.50. The Labute approximate surface area is 117 Å².